The van der Waals surface area contributed by atoms with E-state index in [-0.39, 0.29) is 5.91 Å². The highest BCUT2D eigenvalue weighted by molar-refractivity contribution is 9.10. The minimum atomic E-state index is -0.156. The minimum absolute atomic E-state index is 0.156. The number of rotatable bonds is 5. The number of aromatic nitrogens is 2. The molecule has 144 valence electrons. The lowest BCUT2D eigenvalue weighted by Gasteiger charge is -2.11. The van der Waals surface area contributed by atoms with Gasteiger partial charge in [-0.15, -0.1) is 0 Å². The van der Waals surface area contributed by atoms with Crippen LogP contribution in [-0.4, -0.2) is 23.0 Å². The van der Waals surface area contributed by atoms with E-state index in [0.717, 1.165) is 32.3 Å². The van der Waals surface area contributed by atoms with Crippen molar-refractivity contribution in [3.63, 3.8) is 0 Å². The summed E-state index contributed by atoms with van der Waals surface area (Å²) in [5.74, 6) is 0.627. The van der Waals surface area contributed by atoms with Crippen molar-refractivity contribution in [3.8, 4) is 17.0 Å². The summed E-state index contributed by atoms with van der Waals surface area (Å²) in [6, 6.07) is 18.9. The molecule has 2 heterocycles. The Kier molecular flexibility index (Phi) is 5.53. The third-order valence-electron chi connectivity index (χ3n) is 4.58. The zero-order chi connectivity index (χ0) is 20.2. The van der Waals surface area contributed by atoms with Crippen LogP contribution < -0.4 is 10.1 Å². The van der Waals surface area contributed by atoms with Crippen molar-refractivity contribution in [3.05, 3.63) is 88.7 Å². The zero-order valence-corrected chi connectivity index (χ0v) is 17.3. The first-order valence-corrected chi connectivity index (χ1v) is 9.85. The fourth-order valence-corrected chi connectivity index (χ4v) is 3.43. The number of fused-ring (bicyclic) bond motifs is 1. The number of methoxy groups -OCH3 is 1. The van der Waals surface area contributed by atoms with Gasteiger partial charge in [-0.1, -0.05) is 28.1 Å². The van der Waals surface area contributed by atoms with Crippen molar-refractivity contribution in [1.29, 1.82) is 0 Å². The van der Waals surface area contributed by atoms with Crippen LogP contribution in [0.15, 0.2) is 77.5 Å². The Morgan fingerprint density at radius 3 is 2.66 bits per heavy atom. The standard InChI is InChI=1S/C23H18BrN3O2/c1-29-18-7-4-15(5-8-18)13-26-23(28)20-12-22(16-3-2-10-25-14-16)27-21-9-6-17(24)11-19(20)21/h2-12,14H,13H2,1H3,(H,26,28). The van der Waals surface area contributed by atoms with E-state index in [1.165, 1.54) is 0 Å². The van der Waals surface area contributed by atoms with Gasteiger partial charge in [0.25, 0.3) is 5.91 Å². The van der Waals surface area contributed by atoms with Crippen LogP contribution in [0, 0.1) is 0 Å². The molecule has 0 fully saturated rings. The first-order valence-electron chi connectivity index (χ1n) is 9.06. The Hall–Kier alpha value is -3.25. The number of halogens is 1. The molecule has 0 aliphatic carbocycles. The number of nitrogens with zero attached hydrogens (tertiary/aromatic N) is 2. The summed E-state index contributed by atoms with van der Waals surface area (Å²) < 4.78 is 6.07. The summed E-state index contributed by atoms with van der Waals surface area (Å²) in [6.07, 6.45) is 3.45. The smallest absolute Gasteiger partial charge is 0.252 e. The lowest BCUT2D eigenvalue weighted by molar-refractivity contribution is 0.0952. The first kappa shape index (κ1) is 19.1. The molecule has 4 aromatic rings. The van der Waals surface area contributed by atoms with Crippen LogP contribution in [0.25, 0.3) is 22.2 Å². The van der Waals surface area contributed by atoms with Crippen LogP contribution in [0.3, 0.4) is 0 Å². The number of hydrogen-bond acceptors (Lipinski definition) is 4. The van der Waals surface area contributed by atoms with Crippen molar-refractivity contribution in [1.82, 2.24) is 15.3 Å². The van der Waals surface area contributed by atoms with Gasteiger partial charge in [-0.2, -0.15) is 0 Å². The molecule has 0 saturated heterocycles. The van der Waals surface area contributed by atoms with E-state index >= 15 is 0 Å². The fourth-order valence-electron chi connectivity index (χ4n) is 3.07. The quantitative estimate of drug-likeness (QED) is 0.467. The van der Waals surface area contributed by atoms with Crippen LogP contribution in [-0.2, 0) is 6.54 Å². The minimum Gasteiger partial charge on any atom is -0.497 e. The number of carbonyl (C=O) groups excluding carboxylic acids is 1. The maximum absolute atomic E-state index is 13.1. The number of ether oxygens (including phenoxy) is 1. The van der Waals surface area contributed by atoms with Crippen molar-refractivity contribution < 1.29 is 9.53 Å². The maximum Gasteiger partial charge on any atom is 0.252 e. The topological polar surface area (TPSA) is 64.1 Å². The lowest BCUT2D eigenvalue weighted by atomic mass is 10.0. The van der Waals surface area contributed by atoms with Gasteiger partial charge in [0.05, 0.1) is 23.9 Å². The van der Waals surface area contributed by atoms with Gasteiger partial charge in [0.15, 0.2) is 0 Å². The summed E-state index contributed by atoms with van der Waals surface area (Å²) in [7, 11) is 1.63. The molecule has 6 heteroatoms. The van der Waals surface area contributed by atoms with Crippen molar-refractivity contribution >= 4 is 32.7 Å². The molecule has 2 aromatic heterocycles. The van der Waals surface area contributed by atoms with Crippen LogP contribution in [0.1, 0.15) is 15.9 Å². The molecule has 0 unspecified atom stereocenters. The average molecular weight is 448 g/mol. The largest absolute Gasteiger partial charge is 0.497 e. The summed E-state index contributed by atoms with van der Waals surface area (Å²) in [5.41, 5.74) is 3.89. The third kappa shape index (κ3) is 4.27. The van der Waals surface area contributed by atoms with Crippen molar-refractivity contribution in [2.24, 2.45) is 0 Å². The molecule has 1 amide bonds. The molecule has 5 nitrogen and oxygen atoms in total. The number of amides is 1. The van der Waals surface area contributed by atoms with Gasteiger partial charge in [0, 0.05) is 34.4 Å². The molecule has 0 spiro atoms. The van der Waals surface area contributed by atoms with Gasteiger partial charge in [-0.3, -0.25) is 9.78 Å². The summed E-state index contributed by atoms with van der Waals surface area (Å²) in [5, 5.41) is 3.80. The number of nitrogens with one attached hydrogen (secondary N) is 1. The SMILES string of the molecule is COc1ccc(CNC(=O)c2cc(-c3cccnc3)nc3ccc(Br)cc23)cc1. The van der Waals surface area contributed by atoms with Gasteiger partial charge in [0.1, 0.15) is 5.75 Å². The molecule has 29 heavy (non-hydrogen) atoms. The normalized spacial score (nSPS) is 10.7. The molecular weight excluding hydrogens is 430 g/mol. The second kappa shape index (κ2) is 8.41. The predicted octanol–water partition coefficient (Wildman–Crippen LogP) is 5.00. The second-order valence-corrected chi connectivity index (χ2v) is 7.40. The molecule has 4 rings (SSSR count). The van der Waals surface area contributed by atoms with Crippen LogP contribution in [0.4, 0.5) is 0 Å². The zero-order valence-electron chi connectivity index (χ0n) is 15.7. The number of benzene rings is 2. The Labute approximate surface area is 176 Å². The molecule has 1 N–H and O–H groups in total. The Morgan fingerprint density at radius 1 is 1.10 bits per heavy atom. The van der Waals surface area contributed by atoms with Crippen molar-refractivity contribution in [2.75, 3.05) is 7.11 Å². The van der Waals surface area contributed by atoms with E-state index in [0.29, 0.717) is 17.8 Å². The second-order valence-electron chi connectivity index (χ2n) is 6.49. The van der Waals surface area contributed by atoms with E-state index in [9.17, 15) is 4.79 Å². The number of pyridine rings is 2. The Balaban J connectivity index is 1.68. The van der Waals surface area contributed by atoms with Gasteiger partial charge in [-0.25, -0.2) is 4.98 Å². The molecule has 0 aliphatic heterocycles. The van der Waals surface area contributed by atoms with E-state index < -0.39 is 0 Å². The van der Waals surface area contributed by atoms with E-state index in [4.69, 9.17) is 9.72 Å². The number of carbonyl (C=O) groups is 1. The van der Waals surface area contributed by atoms with Gasteiger partial charge in [0.2, 0.25) is 0 Å². The highest BCUT2D eigenvalue weighted by Gasteiger charge is 2.14. The van der Waals surface area contributed by atoms with Gasteiger partial charge in [-0.05, 0) is 54.1 Å². The van der Waals surface area contributed by atoms with Crippen LogP contribution >= 0.6 is 15.9 Å². The predicted molar refractivity (Wildman–Crippen MR) is 117 cm³/mol. The maximum atomic E-state index is 13.1. The Bertz CT molecular complexity index is 1160. The fraction of sp³-hybridized carbons (Fsp3) is 0.0870. The van der Waals surface area contributed by atoms with Crippen molar-refractivity contribution in [2.45, 2.75) is 6.54 Å². The van der Waals surface area contributed by atoms with E-state index in [2.05, 4.69) is 26.2 Å². The first-order chi connectivity index (χ1) is 14.1. The summed E-state index contributed by atoms with van der Waals surface area (Å²) >= 11 is 3.49. The molecule has 0 atom stereocenters. The molecule has 0 aliphatic rings. The number of hydrogen-bond donors (Lipinski definition) is 1. The molecule has 2 aromatic carbocycles. The van der Waals surface area contributed by atoms with E-state index in [1.54, 1.807) is 19.5 Å². The Morgan fingerprint density at radius 2 is 1.93 bits per heavy atom. The highest BCUT2D eigenvalue weighted by atomic mass is 79.9. The average Bonchev–Trinajstić information content (AvgIpc) is 2.77. The molecular formula is C23H18BrN3O2. The lowest BCUT2D eigenvalue weighted by Crippen LogP contribution is -2.23. The van der Waals surface area contributed by atoms with Gasteiger partial charge >= 0.3 is 0 Å². The van der Waals surface area contributed by atoms with Crippen LogP contribution in [0.5, 0.6) is 5.75 Å². The highest BCUT2D eigenvalue weighted by Crippen LogP contribution is 2.27. The van der Waals surface area contributed by atoms with Crippen LogP contribution in [0.2, 0.25) is 0 Å². The van der Waals surface area contributed by atoms with Gasteiger partial charge < -0.3 is 10.1 Å². The molecule has 0 bridgehead atoms. The summed E-state index contributed by atoms with van der Waals surface area (Å²) in [6.45, 7) is 0.420. The van der Waals surface area contributed by atoms with E-state index in [1.807, 2.05) is 60.7 Å². The molecule has 0 saturated carbocycles. The summed E-state index contributed by atoms with van der Waals surface area (Å²) in [4.78, 5) is 21.9. The third-order valence-corrected chi connectivity index (χ3v) is 5.08. The molecule has 0 radical (unpaired) electrons. The monoisotopic (exact) mass is 447 g/mol.